The SMILES string of the molecule is Cc1cc([C@@H](C)Nc2ccc(Cl)nc2C(=O)O)nc(N2C(=O)OC[C@@H]2Cc2ccnn2C)c1. The Kier molecular flexibility index (Phi) is 6.19. The minimum Gasteiger partial charge on any atom is -0.476 e. The van der Waals surface area contributed by atoms with Gasteiger partial charge in [0.2, 0.25) is 0 Å². The van der Waals surface area contributed by atoms with Crippen LogP contribution in [0.5, 0.6) is 0 Å². The Morgan fingerprint density at radius 1 is 1.33 bits per heavy atom. The molecule has 1 fully saturated rings. The molecule has 2 N–H and O–H groups in total. The van der Waals surface area contributed by atoms with Gasteiger partial charge in [-0.25, -0.2) is 19.6 Å². The molecule has 33 heavy (non-hydrogen) atoms. The number of anilines is 2. The average Bonchev–Trinajstić information content (AvgIpc) is 3.34. The molecule has 1 aliphatic heterocycles. The first-order valence-corrected chi connectivity index (χ1v) is 10.7. The molecule has 0 aromatic carbocycles. The van der Waals surface area contributed by atoms with Crippen molar-refractivity contribution in [2.24, 2.45) is 7.05 Å². The summed E-state index contributed by atoms with van der Waals surface area (Å²) >= 11 is 5.85. The van der Waals surface area contributed by atoms with E-state index < -0.39 is 12.1 Å². The maximum atomic E-state index is 12.6. The lowest BCUT2D eigenvalue weighted by Gasteiger charge is -2.23. The van der Waals surface area contributed by atoms with E-state index in [-0.39, 0.29) is 29.5 Å². The number of aromatic carboxylic acids is 1. The monoisotopic (exact) mass is 470 g/mol. The number of pyridine rings is 2. The number of rotatable bonds is 7. The molecule has 2 atom stereocenters. The number of carbonyl (C=O) groups excluding carboxylic acids is 1. The molecule has 0 spiro atoms. The molecule has 1 aliphatic rings. The second-order valence-corrected chi connectivity index (χ2v) is 8.27. The lowest BCUT2D eigenvalue weighted by Crippen LogP contribution is -2.36. The van der Waals surface area contributed by atoms with Gasteiger partial charge in [-0.3, -0.25) is 9.58 Å². The van der Waals surface area contributed by atoms with Gasteiger partial charge in [-0.05, 0) is 49.7 Å². The van der Waals surface area contributed by atoms with E-state index in [0.717, 1.165) is 11.3 Å². The van der Waals surface area contributed by atoms with Gasteiger partial charge in [0.1, 0.15) is 17.6 Å². The van der Waals surface area contributed by atoms with Crippen LogP contribution < -0.4 is 10.2 Å². The normalized spacial score (nSPS) is 16.5. The van der Waals surface area contributed by atoms with Gasteiger partial charge in [0, 0.05) is 25.4 Å². The average molecular weight is 471 g/mol. The second-order valence-electron chi connectivity index (χ2n) is 7.88. The van der Waals surface area contributed by atoms with Crippen LogP contribution in [0.4, 0.5) is 16.3 Å². The molecule has 3 aromatic heterocycles. The summed E-state index contributed by atoms with van der Waals surface area (Å²) in [5.74, 6) is -0.719. The third-order valence-electron chi connectivity index (χ3n) is 5.43. The fourth-order valence-corrected chi connectivity index (χ4v) is 3.92. The molecular formula is C22H23ClN6O4. The van der Waals surface area contributed by atoms with Crippen molar-refractivity contribution in [3.8, 4) is 0 Å². The molecule has 4 rings (SSSR count). The summed E-state index contributed by atoms with van der Waals surface area (Å²) in [6, 6.07) is 8.09. The lowest BCUT2D eigenvalue weighted by atomic mass is 10.1. The minimum absolute atomic E-state index is 0.0913. The summed E-state index contributed by atoms with van der Waals surface area (Å²) in [4.78, 5) is 34.3. The molecule has 11 heteroatoms. The van der Waals surface area contributed by atoms with Crippen LogP contribution >= 0.6 is 11.6 Å². The van der Waals surface area contributed by atoms with Crippen molar-refractivity contribution < 1.29 is 19.4 Å². The molecule has 0 bridgehead atoms. The van der Waals surface area contributed by atoms with Crippen LogP contribution in [-0.2, 0) is 18.2 Å². The number of ether oxygens (including phenoxy) is 1. The van der Waals surface area contributed by atoms with Gasteiger partial charge < -0.3 is 15.2 Å². The van der Waals surface area contributed by atoms with E-state index in [4.69, 9.17) is 21.3 Å². The number of halogens is 1. The number of aromatic nitrogens is 4. The van der Waals surface area contributed by atoms with Crippen molar-refractivity contribution in [3.05, 3.63) is 64.3 Å². The van der Waals surface area contributed by atoms with E-state index >= 15 is 0 Å². The van der Waals surface area contributed by atoms with Gasteiger partial charge in [-0.15, -0.1) is 0 Å². The zero-order valence-corrected chi connectivity index (χ0v) is 19.1. The summed E-state index contributed by atoms with van der Waals surface area (Å²) in [5, 5.41) is 16.9. The standard InChI is InChI=1S/C22H23ClN6O4/c1-12-8-17(13(2)25-16-4-5-18(23)27-20(16)21(30)31)26-19(9-12)29-15(11-33-22(29)32)10-14-6-7-24-28(14)3/h4-9,13,15,25H,10-11H2,1-3H3,(H,30,31)/t13-,15+/m1/s1. The molecule has 10 nitrogen and oxygen atoms in total. The van der Waals surface area contributed by atoms with Gasteiger partial charge in [-0.1, -0.05) is 11.6 Å². The summed E-state index contributed by atoms with van der Waals surface area (Å²) in [6.07, 6.45) is 1.83. The number of hydrogen-bond donors (Lipinski definition) is 2. The van der Waals surface area contributed by atoms with E-state index in [2.05, 4.69) is 15.4 Å². The van der Waals surface area contributed by atoms with Gasteiger partial charge in [0.15, 0.2) is 5.69 Å². The van der Waals surface area contributed by atoms with E-state index in [1.54, 1.807) is 21.8 Å². The van der Waals surface area contributed by atoms with E-state index in [1.165, 1.54) is 6.07 Å². The summed E-state index contributed by atoms with van der Waals surface area (Å²) in [6.45, 7) is 4.01. The fourth-order valence-electron chi connectivity index (χ4n) is 3.78. The zero-order valence-electron chi connectivity index (χ0n) is 18.3. The van der Waals surface area contributed by atoms with Crippen LogP contribution in [0.25, 0.3) is 0 Å². The molecule has 1 saturated heterocycles. The van der Waals surface area contributed by atoms with E-state index in [0.29, 0.717) is 23.6 Å². The largest absolute Gasteiger partial charge is 0.476 e. The second kappa shape index (κ2) is 9.07. The number of cyclic esters (lactones) is 1. The summed E-state index contributed by atoms with van der Waals surface area (Å²) < 4.78 is 7.09. The first kappa shape index (κ1) is 22.5. The molecule has 4 heterocycles. The molecule has 0 radical (unpaired) electrons. The van der Waals surface area contributed by atoms with Crippen molar-refractivity contribution in [2.45, 2.75) is 32.4 Å². The summed E-state index contributed by atoms with van der Waals surface area (Å²) in [5.41, 5.74) is 2.65. The number of hydrogen-bond acceptors (Lipinski definition) is 7. The maximum Gasteiger partial charge on any atom is 0.415 e. The Labute approximate surface area is 195 Å². The summed E-state index contributed by atoms with van der Waals surface area (Å²) in [7, 11) is 1.85. The molecule has 0 saturated carbocycles. The van der Waals surface area contributed by atoms with Gasteiger partial charge >= 0.3 is 12.1 Å². The third-order valence-corrected chi connectivity index (χ3v) is 5.64. The Hall–Kier alpha value is -3.66. The lowest BCUT2D eigenvalue weighted by molar-refractivity contribution is 0.0691. The highest BCUT2D eigenvalue weighted by atomic mass is 35.5. The Balaban J connectivity index is 1.61. The van der Waals surface area contributed by atoms with Gasteiger partial charge in [-0.2, -0.15) is 5.10 Å². The first-order valence-electron chi connectivity index (χ1n) is 10.3. The van der Waals surface area contributed by atoms with Crippen molar-refractivity contribution in [1.82, 2.24) is 19.7 Å². The smallest absolute Gasteiger partial charge is 0.415 e. The number of carboxylic acids is 1. The number of amides is 1. The number of nitrogens with one attached hydrogen (secondary N) is 1. The van der Waals surface area contributed by atoms with Crippen molar-refractivity contribution in [1.29, 1.82) is 0 Å². The van der Waals surface area contributed by atoms with Crippen LogP contribution in [0.15, 0.2) is 36.5 Å². The number of carboxylic acid groups (broad SMARTS) is 1. The number of nitrogens with zero attached hydrogens (tertiary/aromatic N) is 5. The predicted molar refractivity (Wildman–Crippen MR) is 122 cm³/mol. The molecular weight excluding hydrogens is 448 g/mol. The molecule has 1 amide bonds. The van der Waals surface area contributed by atoms with Crippen LogP contribution in [0, 0.1) is 6.92 Å². The Morgan fingerprint density at radius 3 is 2.82 bits per heavy atom. The topological polar surface area (TPSA) is 122 Å². The highest BCUT2D eigenvalue weighted by molar-refractivity contribution is 6.29. The van der Waals surface area contributed by atoms with Crippen LogP contribution in [0.2, 0.25) is 5.15 Å². The number of aryl methyl sites for hydroxylation is 2. The zero-order chi connectivity index (χ0) is 23.7. The van der Waals surface area contributed by atoms with Crippen LogP contribution in [0.1, 0.15) is 40.4 Å². The van der Waals surface area contributed by atoms with Gasteiger partial charge in [0.05, 0.1) is 23.5 Å². The van der Waals surface area contributed by atoms with Crippen molar-refractivity contribution >= 4 is 35.2 Å². The molecule has 0 unspecified atom stereocenters. The first-order chi connectivity index (χ1) is 15.7. The van der Waals surface area contributed by atoms with Crippen LogP contribution in [0.3, 0.4) is 0 Å². The van der Waals surface area contributed by atoms with E-state index in [1.807, 2.05) is 39.1 Å². The fraction of sp³-hybridized carbons (Fsp3) is 0.318. The van der Waals surface area contributed by atoms with E-state index in [9.17, 15) is 14.7 Å². The molecule has 3 aromatic rings. The highest BCUT2D eigenvalue weighted by Gasteiger charge is 2.36. The Bertz CT molecular complexity index is 1210. The quantitative estimate of drug-likeness (QED) is 0.502. The highest BCUT2D eigenvalue weighted by Crippen LogP contribution is 2.28. The van der Waals surface area contributed by atoms with Gasteiger partial charge in [0.25, 0.3) is 0 Å². The number of carbonyl (C=O) groups is 2. The van der Waals surface area contributed by atoms with Crippen molar-refractivity contribution in [3.63, 3.8) is 0 Å². The molecule has 0 aliphatic carbocycles. The maximum absolute atomic E-state index is 12.6. The molecule has 172 valence electrons. The Morgan fingerprint density at radius 2 is 2.12 bits per heavy atom. The minimum atomic E-state index is -1.19. The van der Waals surface area contributed by atoms with Crippen LogP contribution in [-0.4, -0.2) is 49.6 Å². The third kappa shape index (κ3) is 4.75. The predicted octanol–water partition coefficient (Wildman–Crippen LogP) is 3.61. The van der Waals surface area contributed by atoms with Crippen molar-refractivity contribution in [2.75, 3.05) is 16.8 Å².